The summed E-state index contributed by atoms with van der Waals surface area (Å²) >= 11 is 0. The first kappa shape index (κ1) is 16.2. The number of carbonyl (C=O) groups is 2. The van der Waals surface area contributed by atoms with E-state index in [1.54, 1.807) is 13.8 Å². The van der Waals surface area contributed by atoms with Crippen LogP contribution >= 0.6 is 0 Å². The van der Waals surface area contributed by atoms with E-state index in [1.807, 2.05) is 0 Å². The van der Waals surface area contributed by atoms with Crippen LogP contribution < -0.4 is 0 Å². The van der Waals surface area contributed by atoms with E-state index >= 15 is 0 Å². The van der Waals surface area contributed by atoms with Crippen molar-refractivity contribution in [2.75, 3.05) is 13.2 Å². The van der Waals surface area contributed by atoms with E-state index in [1.165, 1.54) is 13.8 Å². The van der Waals surface area contributed by atoms with Gasteiger partial charge in [-0.1, -0.05) is 0 Å². The zero-order valence-electron chi connectivity index (χ0n) is 12.5. The number of aliphatic hydroxyl groups excluding tert-OH is 1. The van der Waals surface area contributed by atoms with Gasteiger partial charge in [0.2, 0.25) is 0 Å². The summed E-state index contributed by atoms with van der Waals surface area (Å²) in [7, 11) is 0. The van der Waals surface area contributed by atoms with Crippen LogP contribution in [0.1, 0.15) is 27.7 Å². The van der Waals surface area contributed by atoms with Crippen molar-refractivity contribution in [1.29, 1.82) is 0 Å². The maximum Gasteiger partial charge on any atom is 0.303 e. The smallest absolute Gasteiger partial charge is 0.303 e. The summed E-state index contributed by atoms with van der Waals surface area (Å²) in [6.07, 6.45) is -2.45. The average molecular weight is 304 g/mol. The van der Waals surface area contributed by atoms with Gasteiger partial charge in [0.1, 0.15) is 6.61 Å². The van der Waals surface area contributed by atoms with Crippen LogP contribution in [-0.4, -0.2) is 60.1 Å². The topological polar surface area (TPSA) is 101 Å². The molecule has 0 bridgehead atoms. The van der Waals surface area contributed by atoms with E-state index in [4.69, 9.17) is 23.7 Å². The summed E-state index contributed by atoms with van der Waals surface area (Å²) < 4.78 is 27.1. The van der Waals surface area contributed by atoms with Gasteiger partial charge in [0, 0.05) is 13.8 Å². The molecule has 4 atom stereocenters. The van der Waals surface area contributed by atoms with Crippen LogP contribution in [-0.2, 0) is 33.3 Å². The third-order valence-corrected chi connectivity index (χ3v) is 3.34. The summed E-state index contributed by atoms with van der Waals surface area (Å²) in [5.74, 6) is -1.98. The molecule has 2 saturated heterocycles. The highest BCUT2D eigenvalue weighted by Gasteiger charge is 2.64. The highest BCUT2D eigenvalue weighted by atomic mass is 16.8. The Bertz CT molecular complexity index is 434. The average Bonchev–Trinajstić information content (AvgIpc) is 2.78. The molecule has 2 aliphatic heterocycles. The zero-order valence-corrected chi connectivity index (χ0v) is 12.5. The van der Waals surface area contributed by atoms with Crippen LogP contribution in [0, 0.1) is 0 Å². The maximum absolute atomic E-state index is 11.3. The minimum Gasteiger partial charge on any atom is -0.463 e. The second kappa shape index (κ2) is 5.53. The van der Waals surface area contributed by atoms with Gasteiger partial charge in [-0.15, -0.1) is 0 Å². The molecule has 0 radical (unpaired) electrons. The van der Waals surface area contributed by atoms with Crippen molar-refractivity contribution in [3.8, 4) is 0 Å². The lowest BCUT2D eigenvalue weighted by Crippen LogP contribution is -2.53. The Morgan fingerprint density at radius 2 is 1.81 bits per heavy atom. The van der Waals surface area contributed by atoms with E-state index in [-0.39, 0.29) is 6.61 Å². The molecule has 8 nitrogen and oxygen atoms in total. The number of aliphatic hydroxyl groups is 1. The molecule has 2 aliphatic rings. The molecule has 2 heterocycles. The molecule has 0 aromatic carbocycles. The van der Waals surface area contributed by atoms with Crippen LogP contribution in [0.5, 0.6) is 0 Å². The summed E-state index contributed by atoms with van der Waals surface area (Å²) in [5, 5.41) is 9.68. The minimum atomic E-state index is -1.40. The van der Waals surface area contributed by atoms with Gasteiger partial charge in [-0.25, -0.2) is 0 Å². The number of ether oxygens (including phenoxy) is 5. The Hall–Kier alpha value is -1.22. The number of rotatable bonds is 4. The van der Waals surface area contributed by atoms with Crippen LogP contribution in [0.15, 0.2) is 0 Å². The van der Waals surface area contributed by atoms with Gasteiger partial charge in [-0.05, 0) is 13.8 Å². The van der Waals surface area contributed by atoms with Gasteiger partial charge >= 0.3 is 11.9 Å². The summed E-state index contributed by atoms with van der Waals surface area (Å²) in [4.78, 5) is 22.3. The highest BCUT2D eigenvalue weighted by molar-refractivity contribution is 5.67. The number of fused-ring (bicyclic) bond motifs is 1. The first-order chi connectivity index (χ1) is 9.69. The second-order valence-corrected chi connectivity index (χ2v) is 5.62. The number of hydrogen-bond donors (Lipinski definition) is 1. The fourth-order valence-electron chi connectivity index (χ4n) is 2.52. The number of hydrogen-bond acceptors (Lipinski definition) is 8. The molecule has 0 saturated carbocycles. The summed E-state index contributed by atoms with van der Waals surface area (Å²) in [6, 6.07) is 0. The predicted molar refractivity (Wildman–Crippen MR) is 66.9 cm³/mol. The van der Waals surface area contributed by atoms with Crippen molar-refractivity contribution < 1.29 is 38.4 Å². The van der Waals surface area contributed by atoms with Gasteiger partial charge in [0.05, 0.1) is 6.61 Å². The van der Waals surface area contributed by atoms with Crippen molar-refractivity contribution in [2.45, 2.75) is 57.6 Å². The molecule has 0 spiro atoms. The SMILES string of the molecule is CC(=O)OC[C@@]1(CO)O[C@@H]2OC(C)(C)O[C@@H]2[C@H]1OC(C)=O. The van der Waals surface area contributed by atoms with Gasteiger partial charge in [-0.2, -0.15) is 0 Å². The molecule has 120 valence electrons. The van der Waals surface area contributed by atoms with Crippen molar-refractivity contribution in [2.24, 2.45) is 0 Å². The lowest BCUT2D eigenvalue weighted by molar-refractivity contribution is -0.257. The predicted octanol–water partition coefficient (Wildman–Crippen LogP) is -0.280. The van der Waals surface area contributed by atoms with E-state index in [9.17, 15) is 14.7 Å². The molecular formula is C13H20O8. The van der Waals surface area contributed by atoms with Crippen LogP contribution in [0.25, 0.3) is 0 Å². The molecule has 2 rings (SSSR count). The standard InChI is InChI=1S/C13H20O8/c1-7(15)17-6-13(5-14)10(18-8(2)16)9-11(21-13)20-12(3,4)19-9/h9-11,14H,5-6H2,1-4H3/t9-,10-,11+,13-/m1/s1. The second-order valence-electron chi connectivity index (χ2n) is 5.62. The lowest BCUT2D eigenvalue weighted by atomic mass is 9.96. The van der Waals surface area contributed by atoms with E-state index in [0.717, 1.165) is 0 Å². The molecule has 2 fully saturated rings. The molecule has 8 heteroatoms. The van der Waals surface area contributed by atoms with Crippen molar-refractivity contribution in [3.63, 3.8) is 0 Å². The van der Waals surface area contributed by atoms with Crippen LogP contribution in [0.2, 0.25) is 0 Å². The Kier molecular flexibility index (Phi) is 4.25. The quantitative estimate of drug-likeness (QED) is 0.708. The molecule has 0 unspecified atom stereocenters. The molecule has 0 aromatic heterocycles. The third-order valence-electron chi connectivity index (χ3n) is 3.34. The summed E-state index contributed by atoms with van der Waals surface area (Å²) in [5.41, 5.74) is -1.40. The number of esters is 2. The Morgan fingerprint density at radius 3 is 2.33 bits per heavy atom. The first-order valence-electron chi connectivity index (χ1n) is 6.64. The normalized spacial score (nSPS) is 37.1. The van der Waals surface area contributed by atoms with Gasteiger partial charge in [0.25, 0.3) is 0 Å². The molecular weight excluding hydrogens is 284 g/mol. The maximum atomic E-state index is 11.3. The van der Waals surface area contributed by atoms with Gasteiger partial charge in [0.15, 0.2) is 29.9 Å². The largest absolute Gasteiger partial charge is 0.463 e. The van der Waals surface area contributed by atoms with E-state index < -0.39 is 48.4 Å². The molecule has 0 aromatic rings. The Balaban J connectivity index is 2.23. The Labute approximate surface area is 122 Å². The highest BCUT2D eigenvalue weighted by Crippen LogP contribution is 2.43. The van der Waals surface area contributed by atoms with Crippen LogP contribution in [0.4, 0.5) is 0 Å². The van der Waals surface area contributed by atoms with Gasteiger partial charge in [-0.3, -0.25) is 9.59 Å². The van der Waals surface area contributed by atoms with Crippen molar-refractivity contribution in [1.82, 2.24) is 0 Å². The molecule has 0 aliphatic carbocycles. The summed E-state index contributed by atoms with van der Waals surface area (Å²) in [6.45, 7) is 5.09. The van der Waals surface area contributed by atoms with Crippen molar-refractivity contribution >= 4 is 11.9 Å². The van der Waals surface area contributed by atoms with Crippen molar-refractivity contribution in [3.05, 3.63) is 0 Å². The molecule has 0 amide bonds. The first-order valence-corrected chi connectivity index (χ1v) is 6.64. The lowest BCUT2D eigenvalue weighted by Gasteiger charge is -2.34. The molecule has 21 heavy (non-hydrogen) atoms. The minimum absolute atomic E-state index is 0.267. The number of carbonyl (C=O) groups excluding carboxylic acids is 2. The van der Waals surface area contributed by atoms with Crippen LogP contribution in [0.3, 0.4) is 0 Å². The fraction of sp³-hybridized carbons (Fsp3) is 0.846. The monoisotopic (exact) mass is 304 g/mol. The molecule has 1 N–H and O–H groups in total. The zero-order chi connectivity index (χ0) is 15.8. The third kappa shape index (κ3) is 3.18. The van der Waals surface area contributed by atoms with E-state index in [2.05, 4.69) is 0 Å². The Morgan fingerprint density at radius 1 is 1.14 bits per heavy atom. The van der Waals surface area contributed by atoms with E-state index in [0.29, 0.717) is 0 Å². The fourth-order valence-corrected chi connectivity index (χ4v) is 2.52. The van der Waals surface area contributed by atoms with Gasteiger partial charge < -0.3 is 28.8 Å².